The Bertz CT molecular complexity index is 334. The van der Waals surface area contributed by atoms with Crippen molar-refractivity contribution in [3.8, 4) is 0 Å². The largest absolute Gasteiger partial charge is 0.312 e. The van der Waals surface area contributed by atoms with E-state index in [4.69, 9.17) is 0 Å². The highest BCUT2D eigenvalue weighted by molar-refractivity contribution is 7.11. The molecule has 0 aromatic carbocycles. The van der Waals surface area contributed by atoms with Crippen molar-refractivity contribution in [3.63, 3.8) is 0 Å². The van der Waals surface area contributed by atoms with Crippen molar-refractivity contribution in [2.24, 2.45) is 5.92 Å². The minimum absolute atomic E-state index is 0.152. The lowest BCUT2D eigenvalue weighted by Gasteiger charge is -2.18. The topological polar surface area (TPSA) is 24.9 Å². The Morgan fingerprint density at radius 1 is 1.31 bits per heavy atom. The third-order valence-electron chi connectivity index (χ3n) is 2.35. The molecule has 1 heterocycles. The van der Waals surface area contributed by atoms with Gasteiger partial charge in [0.25, 0.3) is 0 Å². The first-order valence-corrected chi connectivity index (χ1v) is 6.80. The predicted octanol–water partition coefficient (Wildman–Crippen LogP) is 3.49. The molecule has 0 unspecified atom stereocenters. The molecule has 0 saturated heterocycles. The highest BCUT2D eigenvalue weighted by atomic mass is 32.1. The molecule has 1 aromatic rings. The third kappa shape index (κ3) is 3.87. The Morgan fingerprint density at radius 2 is 1.94 bits per heavy atom. The molecule has 92 valence electrons. The second kappa shape index (κ2) is 5.28. The lowest BCUT2D eigenvalue weighted by atomic mass is 9.91. The molecule has 0 aliphatic carbocycles. The van der Waals surface area contributed by atoms with Crippen molar-refractivity contribution in [2.45, 2.75) is 53.5 Å². The summed E-state index contributed by atoms with van der Waals surface area (Å²) in [6.45, 7) is 15.3. The van der Waals surface area contributed by atoms with Gasteiger partial charge in [0.2, 0.25) is 0 Å². The Balaban J connectivity index is 2.72. The van der Waals surface area contributed by atoms with Gasteiger partial charge in [-0.25, -0.2) is 4.98 Å². The lowest BCUT2D eigenvalue weighted by molar-refractivity contribution is 0.534. The summed E-state index contributed by atoms with van der Waals surface area (Å²) >= 11 is 1.82. The van der Waals surface area contributed by atoms with Gasteiger partial charge >= 0.3 is 0 Å². The van der Waals surface area contributed by atoms with Crippen LogP contribution < -0.4 is 5.32 Å². The van der Waals surface area contributed by atoms with Crippen LogP contribution in [-0.2, 0) is 12.0 Å². The summed E-state index contributed by atoms with van der Waals surface area (Å²) in [5.74, 6) is 0.701. The number of nitrogens with one attached hydrogen (secondary N) is 1. The molecule has 0 saturated carbocycles. The standard InChI is InChI=1S/C13H24N2S/c1-9(2)7-14-8-11-12(13(4,5)6)15-10(3)16-11/h9,14H,7-8H2,1-6H3. The van der Waals surface area contributed by atoms with Gasteiger partial charge in [0.15, 0.2) is 0 Å². The van der Waals surface area contributed by atoms with Crippen molar-refractivity contribution < 1.29 is 0 Å². The highest BCUT2D eigenvalue weighted by Gasteiger charge is 2.21. The van der Waals surface area contributed by atoms with Crippen LogP contribution >= 0.6 is 11.3 Å². The molecule has 1 aromatic heterocycles. The molecule has 0 bridgehead atoms. The van der Waals surface area contributed by atoms with E-state index in [1.54, 1.807) is 0 Å². The van der Waals surface area contributed by atoms with Gasteiger partial charge in [0.05, 0.1) is 10.7 Å². The summed E-state index contributed by atoms with van der Waals surface area (Å²) in [6.07, 6.45) is 0. The van der Waals surface area contributed by atoms with Gasteiger partial charge in [-0.1, -0.05) is 34.6 Å². The smallest absolute Gasteiger partial charge is 0.0900 e. The molecule has 0 aliphatic heterocycles. The number of aryl methyl sites for hydroxylation is 1. The second-order valence-electron chi connectivity index (χ2n) is 5.78. The molecule has 2 nitrogen and oxygen atoms in total. The zero-order valence-corrected chi connectivity index (χ0v) is 12.2. The van der Waals surface area contributed by atoms with Crippen LogP contribution in [0.15, 0.2) is 0 Å². The number of aromatic nitrogens is 1. The fraction of sp³-hybridized carbons (Fsp3) is 0.769. The second-order valence-corrected chi connectivity index (χ2v) is 7.07. The van der Waals surface area contributed by atoms with Gasteiger partial charge in [-0.15, -0.1) is 11.3 Å². The minimum Gasteiger partial charge on any atom is -0.312 e. The molecule has 0 amide bonds. The summed E-state index contributed by atoms with van der Waals surface area (Å²) in [7, 11) is 0. The van der Waals surface area contributed by atoms with Crippen molar-refractivity contribution >= 4 is 11.3 Å². The van der Waals surface area contributed by atoms with Crippen molar-refractivity contribution in [3.05, 3.63) is 15.6 Å². The molecule has 16 heavy (non-hydrogen) atoms. The highest BCUT2D eigenvalue weighted by Crippen LogP contribution is 2.29. The van der Waals surface area contributed by atoms with Gasteiger partial charge in [0, 0.05) is 16.8 Å². The number of thiazole rings is 1. The first-order valence-electron chi connectivity index (χ1n) is 5.98. The quantitative estimate of drug-likeness (QED) is 0.871. The number of rotatable bonds is 4. The Kier molecular flexibility index (Phi) is 4.51. The predicted molar refractivity (Wildman–Crippen MR) is 72.1 cm³/mol. The molecule has 3 heteroatoms. The summed E-state index contributed by atoms with van der Waals surface area (Å²) in [4.78, 5) is 6.05. The number of nitrogens with zero attached hydrogens (tertiary/aromatic N) is 1. The SMILES string of the molecule is Cc1nc(C(C)(C)C)c(CNCC(C)C)s1. The average molecular weight is 240 g/mol. The van der Waals surface area contributed by atoms with Crippen molar-refractivity contribution in [1.82, 2.24) is 10.3 Å². The van der Waals surface area contributed by atoms with Gasteiger partial charge in [-0.05, 0) is 19.4 Å². The summed E-state index contributed by atoms with van der Waals surface area (Å²) in [5, 5.41) is 4.67. The monoisotopic (exact) mass is 240 g/mol. The van der Waals surface area contributed by atoms with Crippen LogP contribution in [0.25, 0.3) is 0 Å². The van der Waals surface area contributed by atoms with E-state index in [9.17, 15) is 0 Å². The van der Waals surface area contributed by atoms with E-state index in [-0.39, 0.29) is 5.41 Å². The number of hydrogen-bond donors (Lipinski definition) is 1. The van der Waals surface area contributed by atoms with Crippen LogP contribution in [0, 0.1) is 12.8 Å². The fourth-order valence-electron chi connectivity index (χ4n) is 1.65. The van der Waals surface area contributed by atoms with Crippen LogP contribution in [0.3, 0.4) is 0 Å². The van der Waals surface area contributed by atoms with Crippen molar-refractivity contribution in [1.29, 1.82) is 0 Å². The molecule has 1 rings (SSSR count). The molecule has 1 N–H and O–H groups in total. The third-order valence-corrected chi connectivity index (χ3v) is 3.32. The normalized spacial score (nSPS) is 12.4. The molecule has 0 atom stereocenters. The van der Waals surface area contributed by atoms with Crippen LogP contribution in [0.5, 0.6) is 0 Å². The molecule has 0 spiro atoms. The minimum atomic E-state index is 0.152. The Morgan fingerprint density at radius 3 is 2.44 bits per heavy atom. The van der Waals surface area contributed by atoms with E-state index in [1.165, 1.54) is 15.6 Å². The van der Waals surface area contributed by atoms with E-state index >= 15 is 0 Å². The summed E-state index contributed by atoms with van der Waals surface area (Å²) in [5.41, 5.74) is 1.41. The van der Waals surface area contributed by atoms with E-state index in [1.807, 2.05) is 11.3 Å². The molecule has 0 radical (unpaired) electrons. The maximum Gasteiger partial charge on any atom is 0.0900 e. The van der Waals surface area contributed by atoms with Gasteiger partial charge < -0.3 is 5.32 Å². The summed E-state index contributed by atoms with van der Waals surface area (Å²) in [6, 6.07) is 0. The van der Waals surface area contributed by atoms with Crippen LogP contribution in [-0.4, -0.2) is 11.5 Å². The van der Waals surface area contributed by atoms with Gasteiger partial charge in [-0.2, -0.15) is 0 Å². The lowest BCUT2D eigenvalue weighted by Crippen LogP contribution is -2.21. The van der Waals surface area contributed by atoms with E-state index < -0.39 is 0 Å². The van der Waals surface area contributed by atoms with E-state index in [2.05, 4.69) is 51.8 Å². The van der Waals surface area contributed by atoms with E-state index in [0.717, 1.165) is 13.1 Å². The molecular weight excluding hydrogens is 216 g/mol. The maximum atomic E-state index is 4.66. The fourth-order valence-corrected chi connectivity index (χ4v) is 2.77. The van der Waals surface area contributed by atoms with E-state index in [0.29, 0.717) is 5.92 Å². The zero-order chi connectivity index (χ0) is 12.3. The first-order chi connectivity index (χ1) is 7.30. The average Bonchev–Trinajstić information content (AvgIpc) is 2.45. The van der Waals surface area contributed by atoms with Gasteiger partial charge in [-0.3, -0.25) is 0 Å². The first kappa shape index (κ1) is 13.7. The Hall–Kier alpha value is -0.410. The molecule has 0 fully saturated rings. The Labute approximate surface area is 103 Å². The number of hydrogen-bond acceptors (Lipinski definition) is 3. The van der Waals surface area contributed by atoms with Gasteiger partial charge in [0.1, 0.15) is 0 Å². The maximum absolute atomic E-state index is 4.66. The van der Waals surface area contributed by atoms with Crippen LogP contribution in [0.4, 0.5) is 0 Å². The van der Waals surface area contributed by atoms with Crippen LogP contribution in [0.1, 0.15) is 50.2 Å². The van der Waals surface area contributed by atoms with Crippen LogP contribution in [0.2, 0.25) is 0 Å². The van der Waals surface area contributed by atoms with Crippen molar-refractivity contribution in [2.75, 3.05) is 6.54 Å². The summed E-state index contributed by atoms with van der Waals surface area (Å²) < 4.78 is 0. The molecule has 0 aliphatic rings. The zero-order valence-electron chi connectivity index (χ0n) is 11.3. The molecular formula is C13H24N2S.